The minimum absolute atomic E-state index is 0.128. The lowest BCUT2D eigenvalue weighted by Crippen LogP contribution is -2.56. The lowest BCUT2D eigenvalue weighted by atomic mass is 9.84. The molecule has 152 valence electrons. The first-order chi connectivity index (χ1) is 14.4. The van der Waals surface area contributed by atoms with Crippen molar-refractivity contribution in [3.8, 4) is 0 Å². The van der Waals surface area contributed by atoms with Crippen LogP contribution in [0.2, 0.25) is 0 Å². The highest BCUT2D eigenvalue weighted by molar-refractivity contribution is 7.89. The molecule has 0 aliphatic carbocycles. The Balaban J connectivity index is 1.70. The van der Waals surface area contributed by atoms with Crippen LogP contribution in [0.3, 0.4) is 0 Å². The van der Waals surface area contributed by atoms with Crippen LogP contribution in [0.4, 0.5) is 0 Å². The van der Waals surface area contributed by atoms with Crippen LogP contribution in [0, 0.1) is 19.8 Å². The second kappa shape index (κ2) is 7.92. The largest absolute Gasteiger partial charge is 0.273 e. The molecule has 3 aromatic carbocycles. The standard InChI is InChI=1S/C25H23NO3S/c1-18-8-12-20(13-9-18)14-17-23-24(21-6-4-3-5-7-21)26(25(23)27)30(28,29)22-15-10-19(2)11-16-22/h3-17,23-24H,1-2H3/b17-14-/t23-,24-/m1/s1. The monoisotopic (exact) mass is 417 g/mol. The van der Waals surface area contributed by atoms with Gasteiger partial charge < -0.3 is 0 Å². The van der Waals surface area contributed by atoms with Crippen molar-refractivity contribution in [3.05, 3.63) is 107 Å². The third-order valence-electron chi connectivity index (χ3n) is 5.39. The summed E-state index contributed by atoms with van der Waals surface area (Å²) in [6.07, 6.45) is 3.69. The van der Waals surface area contributed by atoms with E-state index in [1.807, 2.05) is 80.6 Å². The topological polar surface area (TPSA) is 54.5 Å². The second-order valence-electron chi connectivity index (χ2n) is 7.60. The van der Waals surface area contributed by atoms with Gasteiger partial charge in [0.25, 0.3) is 10.0 Å². The SMILES string of the molecule is Cc1ccc(/C=C\[C@H]2C(=O)N(S(=O)(=O)c3ccc(C)cc3)[C@@H]2c2ccccc2)cc1. The van der Waals surface area contributed by atoms with Crippen LogP contribution < -0.4 is 0 Å². The Kier molecular flexibility index (Phi) is 5.31. The molecule has 4 nitrogen and oxygen atoms in total. The molecule has 0 spiro atoms. The Bertz CT molecular complexity index is 1180. The van der Waals surface area contributed by atoms with Crippen LogP contribution in [0.25, 0.3) is 6.08 Å². The highest BCUT2D eigenvalue weighted by Gasteiger charge is 2.53. The maximum atomic E-state index is 13.3. The zero-order chi connectivity index (χ0) is 21.3. The van der Waals surface area contributed by atoms with Gasteiger partial charge in [0.2, 0.25) is 5.91 Å². The minimum Gasteiger partial charge on any atom is -0.273 e. The lowest BCUT2D eigenvalue weighted by Gasteiger charge is -2.45. The van der Waals surface area contributed by atoms with E-state index in [1.165, 1.54) is 0 Å². The van der Waals surface area contributed by atoms with Crippen molar-refractivity contribution < 1.29 is 13.2 Å². The van der Waals surface area contributed by atoms with Gasteiger partial charge in [-0.15, -0.1) is 0 Å². The van der Waals surface area contributed by atoms with Gasteiger partial charge >= 0.3 is 0 Å². The summed E-state index contributed by atoms with van der Waals surface area (Å²) in [5, 5.41) is 0. The average molecular weight is 418 g/mol. The molecule has 3 aromatic rings. The van der Waals surface area contributed by atoms with Crippen LogP contribution in [0.1, 0.15) is 28.3 Å². The number of benzene rings is 3. The molecule has 0 saturated carbocycles. The maximum absolute atomic E-state index is 13.3. The summed E-state index contributed by atoms with van der Waals surface area (Å²) in [6, 6.07) is 23.3. The molecule has 0 radical (unpaired) electrons. The molecular weight excluding hydrogens is 394 g/mol. The summed E-state index contributed by atoms with van der Waals surface area (Å²) in [6.45, 7) is 3.91. The number of β-lactam (4-membered cyclic amide) rings is 1. The van der Waals surface area contributed by atoms with Crippen molar-refractivity contribution in [1.29, 1.82) is 0 Å². The van der Waals surface area contributed by atoms with Crippen LogP contribution in [-0.4, -0.2) is 18.6 Å². The molecule has 1 amide bonds. The van der Waals surface area contributed by atoms with Crippen LogP contribution in [0.5, 0.6) is 0 Å². The van der Waals surface area contributed by atoms with Crippen molar-refractivity contribution in [2.45, 2.75) is 24.8 Å². The number of carbonyl (C=O) groups excluding carboxylic acids is 1. The van der Waals surface area contributed by atoms with Crippen molar-refractivity contribution in [2.75, 3.05) is 0 Å². The van der Waals surface area contributed by atoms with E-state index in [0.717, 1.165) is 26.6 Å². The number of nitrogens with zero attached hydrogens (tertiary/aromatic N) is 1. The van der Waals surface area contributed by atoms with Crippen molar-refractivity contribution in [3.63, 3.8) is 0 Å². The van der Waals surface area contributed by atoms with Crippen LogP contribution in [-0.2, 0) is 14.8 Å². The van der Waals surface area contributed by atoms with E-state index in [-0.39, 0.29) is 4.90 Å². The molecule has 1 heterocycles. The van der Waals surface area contributed by atoms with E-state index < -0.39 is 27.9 Å². The first-order valence-corrected chi connectivity index (χ1v) is 11.3. The summed E-state index contributed by atoms with van der Waals surface area (Å²) in [7, 11) is -3.94. The number of hydrogen-bond acceptors (Lipinski definition) is 3. The van der Waals surface area contributed by atoms with Gasteiger partial charge in [0.05, 0.1) is 16.9 Å². The molecule has 0 unspecified atom stereocenters. The molecule has 2 atom stereocenters. The van der Waals surface area contributed by atoms with Gasteiger partial charge in [0.1, 0.15) is 0 Å². The van der Waals surface area contributed by atoms with Gasteiger partial charge in [-0.3, -0.25) is 4.79 Å². The van der Waals surface area contributed by atoms with Gasteiger partial charge in [-0.05, 0) is 37.1 Å². The highest BCUT2D eigenvalue weighted by Crippen LogP contribution is 2.44. The van der Waals surface area contributed by atoms with Gasteiger partial charge in [0.15, 0.2) is 0 Å². The third-order valence-corrected chi connectivity index (χ3v) is 7.18. The number of hydrogen-bond donors (Lipinski definition) is 0. The predicted molar refractivity (Wildman–Crippen MR) is 118 cm³/mol. The van der Waals surface area contributed by atoms with E-state index in [1.54, 1.807) is 24.3 Å². The number of rotatable bonds is 5. The summed E-state index contributed by atoms with van der Waals surface area (Å²) in [5.74, 6) is -0.943. The van der Waals surface area contributed by atoms with Gasteiger partial charge in [-0.1, -0.05) is 90.0 Å². The average Bonchev–Trinajstić information content (AvgIpc) is 2.74. The Hall–Kier alpha value is -3.18. The lowest BCUT2D eigenvalue weighted by molar-refractivity contribution is -0.143. The molecule has 1 fully saturated rings. The summed E-state index contributed by atoms with van der Waals surface area (Å²) in [4.78, 5) is 13.1. The molecule has 0 aromatic heterocycles. The summed E-state index contributed by atoms with van der Waals surface area (Å²) in [5.41, 5.74) is 3.89. The molecule has 0 bridgehead atoms. The fraction of sp³-hybridized carbons (Fsp3) is 0.160. The fourth-order valence-electron chi connectivity index (χ4n) is 3.65. The zero-order valence-corrected chi connectivity index (χ0v) is 17.7. The van der Waals surface area contributed by atoms with E-state index in [9.17, 15) is 13.2 Å². The van der Waals surface area contributed by atoms with Gasteiger partial charge in [-0.2, -0.15) is 0 Å². The van der Waals surface area contributed by atoms with E-state index in [0.29, 0.717) is 0 Å². The normalized spacial score (nSPS) is 19.1. The van der Waals surface area contributed by atoms with Crippen molar-refractivity contribution >= 4 is 22.0 Å². The summed E-state index contributed by atoms with van der Waals surface area (Å²) < 4.78 is 27.5. The number of carbonyl (C=O) groups is 1. The van der Waals surface area contributed by atoms with Crippen LogP contribution in [0.15, 0.2) is 89.8 Å². The van der Waals surface area contributed by atoms with E-state index in [4.69, 9.17) is 0 Å². The number of sulfonamides is 1. The molecule has 30 heavy (non-hydrogen) atoms. The van der Waals surface area contributed by atoms with Gasteiger partial charge in [-0.25, -0.2) is 12.7 Å². The molecule has 5 heteroatoms. The Labute approximate surface area is 177 Å². The highest BCUT2D eigenvalue weighted by atomic mass is 32.2. The number of amides is 1. The molecule has 4 rings (SSSR count). The smallest absolute Gasteiger partial charge is 0.267 e. The van der Waals surface area contributed by atoms with Gasteiger partial charge in [0, 0.05) is 0 Å². The van der Waals surface area contributed by atoms with Crippen LogP contribution >= 0.6 is 0 Å². The Morgan fingerprint density at radius 3 is 1.97 bits per heavy atom. The second-order valence-corrected chi connectivity index (χ2v) is 9.42. The van der Waals surface area contributed by atoms with Crippen molar-refractivity contribution in [1.82, 2.24) is 4.31 Å². The first kappa shape index (κ1) is 20.1. The maximum Gasteiger partial charge on any atom is 0.267 e. The molecule has 0 N–H and O–H groups in total. The molecule has 1 saturated heterocycles. The summed E-state index contributed by atoms with van der Waals surface area (Å²) >= 11 is 0. The van der Waals surface area contributed by atoms with E-state index in [2.05, 4.69) is 0 Å². The minimum atomic E-state index is -3.94. The molecular formula is C25H23NO3S. The number of aryl methyl sites for hydroxylation is 2. The fourth-order valence-corrected chi connectivity index (χ4v) is 5.27. The molecule has 1 aliphatic heterocycles. The predicted octanol–water partition coefficient (Wildman–Crippen LogP) is 4.91. The third kappa shape index (κ3) is 3.68. The first-order valence-electron chi connectivity index (χ1n) is 9.83. The molecule has 1 aliphatic rings. The van der Waals surface area contributed by atoms with E-state index >= 15 is 0 Å². The Morgan fingerprint density at radius 1 is 0.800 bits per heavy atom. The quantitative estimate of drug-likeness (QED) is 0.555. The Morgan fingerprint density at radius 2 is 1.37 bits per heavy atom. The zero-order valence-electron chi connectivity index (χ0n) is 16.9. The van der Waals surface area contributed by atoms with Crippen molar-refractivity contribution in [2.24, 2.45) is 5.92 Å².